The topological polar surface area (TPSA) is 134 Å². The average Bonchev–Trinajstić information content (AvgIpc) is 3.46. The summed E-state index contributed by atoms with van der Waals surface area (Å²) in [5, 5.41) is 22.1. The molecule has 1 aromatic heterocycles. The fourth-order valence-corrected chi connectivity index (χ4v) is 4.64. The predicted molar refractivity (Wildman–Crippen MR) is 114 cm³/mol. The van der Waals surface area contributed by atoms with Gasteiger partial charge in [0.1, 0.15) is 0 Å². The number of hydrogen-bond donors (Lipinski definition) is 5. The Bertz CT molecular complexity index is 763. The van der Waals surface area contributed by atoms with Crippen LogP contribution in [0.2, 0.25) is 0 Å². The van der Waals surface area contributed by atoms with Gasteiger partial charge in [-0.05, 0) is 67.1 Å². The van der Waals surface area contributed by atoms with E-state index in [2.05, 4.69) is 48.3 Å². The minimum Gasteiger partial charge on any atom is -0.371 e. The lowest BCUT2D eigenvalue weighted by Crippen LogP contribution is -2.35. The normalized spacial score (nSPS) is 20.5. The second-order valence-corrected chi connectivity index (χ2v) is 8.12. The van der Waals surface area contributed by atoms with Crippen LogP contribution in [0.5, 0.6) is 0 Å². The lowest BCUT2D eigenvalue weighted by molar-refractivity contribution is 0.386. The Morgan fingerprint density at radius 1 is 1.17 bits per heavy atom. The number of H-pyrrole nitrogens is 1. The van der Waals surface area contributed by atoms with Crippen molar-refractivity contribution in [1.82, 2.24) is 31.3 Å². The van der Waals surface area contributed by atoms with Gasteiger partial charge in [-0.1, -0.05) is 6.07 Å². The molecule has 9 heteroatoms. The zero-order chi connectivity index (χ0) is 20.1. The summed E-state index contributed by atoms with van der Waals surface area (Å²) in [7, 11) is 0. The number of aromatic amines is 1. The van der Waals surface area contributed by atoms with Crippen LogP contribution in [0.1, 0.15) is 36.8 Å². The van der Waals surface area contributed by atoms with Crippen LogP contribution < -0.4 is 27.0 Å². The highest BCUT2D eigenvalue weighted by Gasteiger charge is 2.25. The molecule has 3 heterocycles. The molecule has 1 aromatic carbocycles. The number of tetrazole rings is 1. The quantitative estimate of drug-likeness (QED) is 0.429. The highest BCUT2D eigenvalue weighted by atomic mass is 15.5. The van der Waals surface area contributed by atoms with Crippen molar-refractivity contribution < 1.29 is 0 Å². The summed E-state index contributed by atoms with van der Waals surface area (Å²) in [5.74, 6) is 1.34. The summed E-state index contributed by atoms with van der Waals surface area (Å²) in [6, 6.07) is 4.93. The standard InChI is InChI=1S/C20H33N9/c21-7-3-14-5-9-29(10-6-14)18-2-1-15(12-24-16-4-8-23-13-16)17(11-22)19(18)20-25-27-28-26-20/h1-2,14,16,23-24H,3-13,21-22H2,(H,25,26,27,28)/t16-/m1/s1. The van der Waals surface area contributed by atoms with Crippen LogP contribution in [-0.4, -0.2) is 59.4 Å². The van der Waals surface area contributed by atoms with Gasteiger partial charge in [0.25, 0.3) is 0 Å². The fraction of sp³-hybridized carbons (Fsp3) is 0.650. The van der Waals surface area contributed by atoms with E-state index >= 15 is 0 Å². The van der Waals surface area contributed by atoms with Crippen LogP contribution >= 0.6 is 0 Å². The Morgan fingerprint density at radius 2 is 2.03 bits per heavy atom. The number of aromatic nitrogens is 4. The van der Waals surface area contributed by atoms with Crippen LogP contribution in [0, 0.1) is 5.92 Å². The molecule has 2 saturated heterocycles. The van der Waals surface area contributed by atoms with E-state index in [0.717, 1.165) is 74.8 Å². The van der Waals surface area contributed by atoms with Crippen LogP contribution in [0.25, 0.3) is 11.4 Å². The van der Waals surface area contributed by atoms with Gasteiger partial charge in [0, 0.05) is 44.5 Å². The molecule has 2 aliphatic heterocycles. The molecule has 1 atom stereocenters. The number of nitrogens with one attached hydrogen (secondary N) is 3. The second-order valence-electron chi connectivity index (χ2n) is 8.12. The lowest BCUT2D eigenvalue weighted by atomic mass is 9.91. The van der Waals surface area contributed by atoms with Gasteiger partial charge in [-0.2, -0.15) is 5.21 Å². The van der Waals surface area contributed by atoms with Crippen molar-refractivity contribution in [2.24, 2.45) is 17.4 Å². The fourth-order valence-electron chi connectivity index (χ4n) is 4.64. The monoisotopic (exact) mass is 399 g/mol. The molecular weight excluding hydrogens is 366 g/mol. The Labute approximate surface area is 172 Å². The maximum atomic E-state index is 6.24. The molecule has 2 fully saturated rings. The Hall–Kier alpha value is -2.07. The van der Waals surface area contributed by atoms with Crippen molar-refractivity contribution in [3.05, 3.63) is 23.3 Å². The van der Waals surface area contributed by atoms with Crippen LogP contribution in [0.4, 0.5) is 5.69 Å². The highest BCUT2D eigenvalue weighted by Crippen LogP contribution is 2.36. The van der Waals surface area contributed by atoms with Crippen LogP contribution in [0.3, 0.4) is 0 Å². The Balaban J connectivity index is 1.61. The first kappa shape index (κ1) is 20.2. The number of nitrogens with zero attached hydrogens (tertiary/aromatic N) is 4. The Morgan fingerprint density at radius 3 is 2.69 bits per heavy atom. The molecule has 2 aliphatic rings. The average molecular weight is 400 g/mol. The van der Waals surface area contributed by atoms with Crippen molar-refractivity contribution in [3.63, 3.8) is 0 Å². The molecule has 4 rings (SSSR count). The number of hydrogen-bond acceptors (Lipinski definition) is 8. The zero-order valence-corrected chi connectivity index (χ0v) is 17.0. The van der Waals surface area contributed by atoms with Gasteiger partial charge in [-0.15, -0.1) is 10.2 Å². The summed E-state index contributed by atoms with van der Waals surface area (Å²) in [6.07, 6.45) is 4.60. The van der Waals surface area contributed by atoms with Gasteiger partial charge in [-0.3, -0.25) is 0 Å². The molecule has 158 valence electrons. The van der Waals surface area contributed by atoms with E-state index in [4.69, 9.17) is 11.5 Å². The van der Waals surface area contributed by atoms with E-state index in [1.807, 2.05) is 0 Å². The molecule has 0 unspecified atom stereocenters. The zero-order valence-electron chi connectivity index (χ0n) is 17.0. The number of rotatable bonds is 8. The van der Waals surface area contributed by atoms with Crippen molar-refractivity contribution in [2.45, 2.75) is 44.8 Å². The summed E-state index contributed by atoms with van der Waals surface area (Å²) in [5.41, 5.74) is 16.5. The number of nitrogens with two attached hydrogens (primary N) is 2. The number of anilines is 1. The van der Waals surface area contributed by atoms with Gasteiger partial charge in [0.2, 0.25) is 5.82 Å². The van der Waals surface area contributed by atoms with E-state index in [0.29, 0.717) is 18.4 Å². The SMILES string of the molecule is NCCC1CCN(c2ccc(CN[C@@H]3CCNC3)c(CN)c2-c2nn[nH]n2)CC1. The summed E-state index contributed by atoms with van der Waals surface area (Å²) in [6.45, 7) is 6.15. The second kappa shape index (κ2) is 9.62. The first-order valence-electron chi connectivity index (χ1n) is 10.8. The van der Waals surface area contributed by atoms with E-state index in [9.17, 15) is 0 Å². The molecule has 0 radical (unpaired) electrons. The minimum atomic E-state index is 0.446. The van der Waals surface area contributed by atoms with Gasteiger partial charge in [0.15, 0.2) is 0 Å². The van der Waals surface area contributed by atoms with E-state index < -0.39 is 0 Å². The lowest BCUT2D eigenvalue weighted by Gasteiger charge is -2.35. The maximum absolute atomic E-state index is 6.24. The molecule has 0 aliphatic carbocycles. The number of benzene rings is 1. The van der Waals surface area contributed by atoms with Crippen molar-refractivity contribution in [1.29, 1.82) is 0 Å². The molecule has 0 amide bonds. The maximum Gasteiger partial charge on any atom is 0.207 e. The molecule has 9 nitrogen and oxygen atoms in total. The molecule has 0 spiro atoms. The van der Waals surface area contributed by atoms with E-state index in [1.54, 1.807) is 0 Å². The van der Waals surface area contributed by atoms with Crippen molar-refractivity contribution >= 4 is 5.69 Å². The molecular formula is C20H33N9. The first-order chi connectivity index (χ1) is 14.3. The third-order valence-electron chi connectivity index (χ3n) is 6.33. The van der Waals surface area contributed by atoms with Crippen molar-refractivity contribution in [3.8, 4) is 11.4 Å². The van der Waals surface area contributed by atoms with Crippen LogP contribution in [-0.2, 0) is 13.1 Å². The Kier molecular flexibility index (Phi) is 6.70. The first-order valence-corrected chi connectivity index (χ1v) is 10.8. The van der Waals surface area contributed by atoms with Crippen molar-refractivity contribution in [2.75, 3.05) is 37.6 Å². The summed E-state index contributed by atoms with van der Waals surface area (Å²) >= 11 is 0. The van der Waals surface area contributed by atoms with Gasteiger partial charge in [0.05, 0.1) is 5.56 Å². The van der Waals surface area contributed by atoms with Gasteiger partial charge in [-0.25, -0.2) is 0 Å². The minimum absolute atomic E-state index is 0.446. The molecule has 29 heavy (non-hydrogen) atoms. The van der Waals surface area contributed by atoms with Gasteiger partial charge >= 0.3 is 0 Å². The third-order valence-corrected chi connectivity index (χ3v) is 6.33. The smallest absolute Gasteiger partial charge is 0.207 e. The molecule has 0 bridgehead atoms. The highest BCUT2D eigenvalue weighted by molar-refractivity contribution is 5.79. The molecule has 0 saturated carbocycles. The van der Waals surface area contributed by atoms with E-state index in [-0.39, 0.29) is 0 Å². The predicted octanol–water partition coefficient (Wildman–Crippen LogP) is 0.342. The summed E-state index contributed by atoms with van der Waals surface area (Å²) < 4.78 is 0. The molecule has 7 N–H and O–H groups in total. The largest absolute Gasteiger partial charge is 0.371 e. The number of piperidine rings is 1. The van der Waals surface area contributed by atoms with Crippen LogP contribution in [0.15, 0.2) is 12.1 Å². The van der Waals surface area contributed by atoms with Gasteiger partial charge < -0.3 is 27.0 Å². The third kappa shape index (κ3) is 4.58. The molecule has 2 aromatic rings. The van der Waals surface area contributed by atoms with E-state index in [1.165, 1.54) is 18.4 Å². The summed E-state index contributed by atoms with van der Waals surface area (Å²) in [4.78, 5) is 2.44.